The molecule has 0 rings (SSSR count). The van der Waals surface area contributed by atoms with Gasteiger partial charge in [-0.1, -0.05) is 0 Å². The maximum absolute atomic E-state index is 9.51. The number of carboxylic acids is 1. The number of likely N-dealkylation sites (N-methyl/N-ethyl adjacent to an activating group) is 1. The van der Waals surface area contributed by atoms with E-state index >= 15 is 0 Å². The molecule has 5 heteroatoms. The molecule has 0 spiro atoms. The third-order valence-corrected chi connectivity index (χ3v) is 0.497. The normalized spacial score (nSPS) is 11.8. The minimum atomic E-state index is -1.54. The van der Waals surface area contributed by atoms with Crippen molar-refractivity contribution in [2.24, 2.45) is 0 Å². The smallest absolute Gasteiger partial charge is 0.546 e. The summed E-state index contributed by atoms with van der Waals surface area (Å²) in [7, 11) is 1.32. The van der Waals surface area contributed by atoms with Gasteiger partial charge in [-0.15, -0.1) is 0 Å². The van der Waals surface area contributed by atoms with E-state index in [0.717, 1.165) is 0 Å². The van der Waals surface area contributed by atoms with Gasteiger partial charge in [0.25, 0.3) is 0 Å². The Hall–Kier alpha value is 0.390. The van der Waals surface area contributed by atoms with Crippen LogP contribution in [0.3, 0.4) is 0 Å². The number of aliphatic carboxylic acids is 1. The number of hydrogen-bond donors (Lipinski definition) is 2. The molecule has 0 fully saturated rings. The Morgan fingerprint density at radius 1 is 1.88 bits per heavy atom. The van der Waals surface area contributed by atoms with E-state index in [2.05, 4.69) is 5.32 Å². The number of nitrogens with one attached hydrogen (secondary N) is 1. The number of carboxylic acid groups (broad SMARTS) is 1. The van der Waals surface area contributed by atoms with Crippen molar-refractivity contribution in [2.75, 3.05) is 7.05 Å². The summed E-state index contributed by atoms with van der Waals surface area (Å²) in [4.78, 5) is 9.51. The van der Waals surface area contributed by atoms with Gasteiger partial charge in [0.15, 0.2) is 0 Å². The second kappa shape index (κ2) is 5.53. The molecule has 0 bridgehead atoms. The average molecular weight is 127 g/mol. The third-order valence-electron chi connectivity index (χ3n) is 0.497. The SMILES string of the molecule is CNC(O)C(=O)[O-].[Na+]. The van der Waals surface area contributed by atoms with Gasteiger partial charge < -0.3 is 15.0 Å². The molecule has 0 aromatic carbocycles. The van der Waals surface area contributed by atoms with Gasteiger partial charge in [-0.2, -0.15) is 0 Å². The van der Waals surface area contributed by atoms with E-state index in [-0.39, 0.29) is 29.6 Å². The van der Waals surface area contributed by atoms with Crippen LogP contribution < -0.4 is 40.0 Å². The van der Waals surface area contributed by atoms with Gasteiger partial charge in [-0.05, 0) is 7.05 Å². The number of carbonyl (C=O) groups is 1. The first-order chi connectivity index (χ1) is 3.18. The summed E-state index contributed by atoms with van der Waals surface area (Å²) in [6.45, 7) is 0. The number of aliphatic hydroxyl groups excluding tert-OH is 1. The summed E-state index contributed by atoms with van der Waals surface area (Å²) in [6.07, 6.45) is -1.54. The summed E-state index contributed by atoms with van der Waals surface area (Å²) >= 11 is 0. The fourth-order valence-electron chi connectivity index (χ4n) is 0.118. The standard InChI is InChI=1S/C3H7NO3.Na/c1-4-2(5)3(6)7;/h2,4-5H,1H3,(H,6,7);/q;+1/p-1. The summed E-state index contributed by atoms with van der Waals surface area (Å²) in [5.74, 6) is -1.51. The topological polar surface area (TPSA) is 72.4 Å². The van der Waals surface area contributed by atoms with E-state index < -0.39 is 12.2 Å². The number of hydrogen-bond acceptors (Lipinski definition) is 4. The zero-order valence-corrected chi connectivity index (χ0v) is 6.84. The van der Waals surface area contributed by atoms with Crippen LogP contribution >= 0.6 is 0 Å². The molecule has 42 valence electrons. The van der Waals surface area contributed by atoms with Crippen LogP contribution in [0.1, 0.15) is 0 Å². The Kier molecular flexibility index (Phi) is 7.75. The van der Waals surface area contributed by atoms with Gasteiger partial charge in [-0.3, -0.25) is 5.32 Å². The molecule has 1 atom stereocenters. The molecule has 8 heavy (non-hydrogen) atoms. The van der Waals surface area contributed by atoms with Gasteiger partial charge in [-0.25, -0.2) is 0 Å². The van der Waals surface area contributed by atoms with Crippen molar-refractivity contribution in [1.29, 1.82) is 0 Å². The van der Waals surface area contributed by atoms with Crippen LogP contribution in [0.4, 0.5) is 0 Å². The molecule has 0 aliphatic carbocycles. The minimum absolute atomic E-state index is 0. The minimum Gasteiger partial charge on any atom is -0.546 e. The molecule has 0 saturated heterocycles. The molecule has 0 aliphatic rings. The number of aliphatic hydroxyl groups is 1. The van der Waals surface area contributed by atoms with Gasteiger partial charge in [0.05, 0.1) is 5.97 Å². The second-order valence-electron chi connectivity index (χ2n) is 1.01. The average Bonchev–Trinajstić information content (AvgIpc) is 1.65. The van der Waals surface area contributed by atoms with Crippen molar-refractivity contribution in [2.45, 2.75) is 6.23 Å². The predicted octanol–water partition coefficient (Wildman–Crippen LogP) is -5.72. The first-order valence-corrected chi connectivity index (χ1v) is 1.74. The summed E-state index contributed by atoms with van der Waals surface area (Å²) in [6, 6.07) is 0. The van der Waals surface area contributed by atoms with Gasteiger partial charge in [0.1, 0.15) is 6.23 Å². The third kappa shape index (κ3) is 4.55. The quantitative estimate of drug-likeness (QED) is 0.286. The Morgan fingerprint density at radius 3 is 2.25 bits per heavy atom. The first-order valence-electron chi connectivity index (χ1n) is 1.74. The van der Waals surface area contributed by atoms with E-state index in [1.807, 2.05) is 0 Å². The Bertz CT molecular complexity index is 76.9. The molecular weight excluding hydrogens is 121 g/mol. The van der Waals surface area contributed by atoms with E-state index in [4.69, 9.17) is 5.11 Å². The fourth-order valence-corrected chi connectivity index (χ4v) is 0.118. The van der Waals surface area contributed by atoms with Crippen molar-refractivity contribution < 1.29 is 44.6 Å². The van der Waals surface area contributed by atoms with Gasteiger partial charge >= 0.3 is 29.6 Å². The fraction of sp³-hybridized carbons (Fsp3) is 0.667. The molecule has 1 unspecified atom stereocenters. The summed E-state index contributed by atoms with van der Waals surface area (Å²) in [5, 5.41) is 19.7. The second-order valence-corrected chi connectivity index (χ2v) is 1.01. The van der Waals surface area contributed by atoms with Crippen LogP contribution in [0.5, 0.6) is 0 Å². The molecule has 0 amide bonds. The maximum Gasteiger partial charge on any atom is 1.00 e. The van der Waals surface area contributed by atoms with Crippen molar-refractivity contribution in [1.82, 2.24) is 5.32 Å². The largest absolute Gasteiger partial charge is 1.00 e. The summed E-state index contributed by atoms with van der Waals surface area (Å²) in [5.41, 5.74) is 0. The van der Waals surface area contributed by atoms with Gasteiger partial charge in [0, 0.05) is 0 Å². The molecule has 0 saturated carbocycles. The van der Waals surface area contributed by atoms with E-state index in [9.17, 15) is 9.90 Å². The van der Waals surface area contributed by atoms with Crippen LogP contribution in [0.15, 0.2) is 0 Å². The van der Waals surface area contributed by atoms with Crippen LogP contribution in [0, 0.1) is 0 Å². The Morgan fingerprint density at radius 2 is 2.25 bits per heavy atom. The molecule has 0 aromatic rings. The predicted molar refractivity (Wildman–Crippen MR) is 20.1 cm³/mol. The molecule has 0 aromatic heterocycles. The molecule has 0 radical (unpaired) electrons. The van der Waals surface area contributed by atoms with E-state index in [1.54, 1.807) is 0 Å². The van der Waals surface area contributed by atoms with Crippen molar-refractivity contribution in [3.8, 4) is 0 Å². The van der Waals surface area contributed by atoms with Crippen LogP contribution in [0.25, 0.3) is 0 Å². The molecule has 0 heterocycles. The van der Waals surface area contributed by atoms with E-state index in [0.29, 0.717) is 0 Å². The molecule has 0 aliphatic heterocycles. The number of rotatable bonds is 2. The number of carbonyl (C=O) groups excluding carboxylic acids is 1. The summed E-state index contributed by atoms with van der Waals surface area (Å²) < 4.78 is 0. The van der Waals surface area contributed by atoms with Crippen molar-refractivity contribution in [3.63, 3.8) is 0 Å². The van der Waals surface area contributed by atoms with Gasteiger partial charge in [0.2, 0.25) is 0 Å². The molecule has 4 nitrogen and oxygen atoms in total. The van der Waals surface area contributed by atoms with Crippen LogP contribution in [-0.4, -0.2) is 24.4 Å². The van der Waals surface area contributed by atoms with Crippen molar-refractivity contribution >= 4 is 5.97 Å². The van der Waals surface area contributed by atoms with Crippen molar-refractivity contribution in [3.05, 3.63) is 0 Å². The van der Waals surface area contributed by atoms with Crippen LogP contribution in [0.2, 0.25) is 0 Å². The van der Waals surface area contributed by atoms with E-state index in [1.165, 1.54) is 7.05 Å². The Balaban J connectivity index is 0. The maximum atomic E-state index is 9.51. The molecular formula is C3H6NNaO3. The first kappa shape index (κ1) is 11.2. The zero-order chi connectivity index (χ0) is 5.86. The Labute approximate surface area is 69.2 Å². The van der Waals surface area contributed by atoms with Crippen LogP contribution in [-0.2, 0) is 4.79 Å². The zero-order valence-electron chi connectivity index (χ0n) is 4.84. The monoisotopic (exact) mass is 127 g/mol. The molecule has 2 N–H and O–H groups in total.